The third kappa shape index (κ3) is 5.31. The summed E-state index contributed by atoms with van der Waals surface area (Å²) in [5, 5.41) is 3.64. The highest BCUT2D eigenvalue weighted by Gasteiger charge is 2.11. The smallest absolute Gasteiger partial charge is 0.0575 e. The van der Waals surface area contributed by atoms with E-state index in [2.05, 4.69) is 66.6 Å². The van der Waals surface area contributed by atoms with Gasteiger partial charge in [-0.05, 0) is 62.4 Å². The summed E-state index contributed by atoms with van der Waals surface area (Å²) in [5.41, 5.74) is 3.88. The lowest BCUT2D eigenvalue weighted by Crippen LogP contribution is -2.23. The van der Waals surface area contributed by atoms with E-state index in [1.807, 2.05) is 6.20 Å². The topological polar surface area (TPSA) is 24.9 Å². The maximum Gasteiger partial charge on any atom is 0.0575 e. The Morgan fingerprint density at radius 2 is 1.95 bits per heavy atom. The lowest BCUT2D eigenvalue weighted by Gasteiger charge is -2.18. The van der Waals surface area contributed by atoms with Crippen molar-refractivity contribution in [2.24, 2.45) is 0 Å². The zero-order chi connectivity index (χ0) is 14.9. The highest BCUT2D eigenvalue weighted by Crippen LogP contribution is 2.19. The molecule has 0 bridgehead atoms. The molecule has 0 saturated heterocycles. The zero-order valence-electron chi connectivity index (χ0n) is 13.2. The molecule has 0 aliphatic rings. The third-order valence-electron chi connectivity index (χ3n) is 3.74. The average molecular weight is 282 g/mol. The predicted molar refractivity (Wildman–Crippen MR) is 89.4 cm³/mol. The van der Waals surface area contributed by atoms with Crippen LogP contribution in [0.15, 0.2) is 48.7 Å². The van der Waals surface area contributed by atoms with Crippen molar-refractivity contribution in [1.29, 1.82) is 0 Å². The van der Waals surface area contributed by atoms with E-state index >= 15 is 0 Å². The van der Waals surface area contributed by atoms with Crippen LogP contribution in [0.5, 0.6) is 0 Å². The van der Waals surface area contributed by atoms with Crippen LogP contribution in [0, 0.1) is 6.92 Å². The van der Waals surface area contributed by atoms with Gasteiger partial charge in [-0.1, -0.05) is 37.3 Å². The number of nitrogens with zero attached hydrogens (tertiary/aromatic N) is 1. The first-order valence-electron chi connectivity index (χ1n) is 7.99. The summed E-state index contributed by atoms with van der Waals surface area (Å²) in [6, 6.07) is 15.4. The van der Waals surface area contributed by atoms with Gasteiger partial charge in [0.05, 0.1) is 5.69 Å². The van der Waals surface area contributed by atoms with Crippen LogP contribution in [-0.2, 0) is 6.42 Å². The minimum Gasteiger partial charge on any atom is -0.309 e. The molecule has 1 aromatic heterocycles. The maximum absolute atomic E-state index is 4.56. The van der Waals surface area contributed by atoms with Gasteiger partial charge in [-0.25, -0.2) is 0 Å². The number of rotatable bonds is 8. The molecule has 2 heteroatoms. The molecule has 2 rings (SSSR count). The van der Waals surface area contributed by atoms with Crippen LogP contribution in [0.25, 0.3) is 0 Å². The van der Waals surface area contributed by atoms with Gasteiger partial charge in [0.2, 0.25) is 0 Å². The van der Waals surface area contributed by atoms with Gasteiger partial charge in [0, 0.05) is 12.2 Å². The molecule has 1 N–H and O–H groups in total. The summed E-state index contributed by atoms with van der Waals surface area (Å²) in [7, 11) is 0. The van der Waals surface area contributed by atoms with Crippen LogP contribution >= 0.6 is 0 Å². The maximum atomic E-state index is 4.56. The molecule has 1 aromatic carbocycles. The van der Waals surface area contributed by atoms with Gasteiger partial charge < -0.3 is 5.32 Å². The summed E-state index contributed by atoms with van der Waals surface area (Å²) in [6.45, 7) is 5.38. The minimum atomic E-state index is 0.369. The number of hydrogen-bond donors (Lipinski definition) is 1. The number of aromatic nitrogens is 1. The van der Waals surface area contributed by atoms with Crippen molar-refractivity contribution in [3.8, 4) is 0 Å². The molecule has 2 nitrogen and oxygen atoms in total. The fraction of sp³-hybridized carbons (Fsp3) is 0.421. The second-order valence-electron chi connectivity index (χ2n) is 5.64. The molecule has 2 aromatic rings. The first kappa shape index (κ1) is 15.7. The van der Waals surface area contributed by atoms with Crippen molar-refractivity contribution in [1.82, 2.24) is 10.3 Å². The second-order valence-corrected chi connectivity index (χ2v) is 5.64. The van der Waals surface area contributed by atoms with Gasteiger partial charge in [0.1, 0.15) is 0 Å². The Morgan fingerprint density at radius 3 is 2.67 bits per heavy atom. The monoisotopic (exact) mass is 282 g/mol. The summed E-state index contributed by atoms with van der Waals surface area (Å²) in [6.07, 6.45) is 6.52. The van der Waals surface area contributed by atoms with E-state index in [4.69, 9.17) is 0 Å². The van der Waals surface area contributed by atoms with Crippen LogP contribution in [0.3, 0.4) is 0 Å². The summed E-state index contributed by atoms with van der Waals surface area (Å²) < 4.78 is 0. The van der Waals surface area contributed by atoms with Crippen LogP contribution in [-0.4, -0.2) is 11.5 Å². The number of benzene rings is 1. The molecular weight excluding hydrogens is 256 g/mol. The number of nitrogens with one attached hydrogen (secondary N) is 1. The van der Waals surface area contributed by atoms with Crippen molar-refractivity contribution < 1.29 is 0 Å². The van der Waals surface area contributed by atoms with Gasteiger partial charge >= 0.3 is 0 Å². The molecule has 0 spiro atoms. The van der Waals surface area contributed by atoms with E-state index in [1.54, 1.807) is 0 Å². The average Bonchev–Trinajstić information content (AvgIpc) is 2.51. The van der Waals surface area contributed by atoms with Gasteiger partial charge in [0.15, 0.2) is 0 Å². The van der Waals surface area contributed by atoms with Crippen LogP contribution in [0.1, 0.15) is 49.0 Å². The normalized spacial score (nSPS) is 12.3. The summed E-state index contributed by atoms with van der Waals surface area (Å²) in [4.78, 5) is 4.56. The molecule has 1 atom stereocenters. The molecule has 0 fully saturated rings. The molecule has 1 unspecified atom stereocenters. The Kier molecular flexibility index (Phi) is 6.42. The van der Waals surface area contributed by atoms with E-state index in [-0.39, 0.29) is 0 Å². The highest BCUT2D eigenvalue weighted by atomic mass is 14.9. The summed E-state index contributed by atoms with van der Waals surface area (Å²) >= 11 is 0. The van der Waals surface area contributed by atoms with E-state index in [1.165, 1.54) is 23.2 Å². The van der Waals surface area contributed by atoms with Gasteiger partial charge in [-0.15, -0.1) is 0 Å². The fourth-order valence-electron chi connectivity index (χ4n) is 2.58. The van der Waals surface area contributed by atoms with Gasteiger partial charge in [0.25, 0.3) is 0 Å². The molecular formula is C19H26N2. The van der Waals surface area contributed by atoms with Crippen LogP contribution in [0.4, 0.5) is 0 Å². The number of pyridine rings is 1. The van der Waals surface area contributed by atoms with Crippen molar-refractivity contribution >= 4 is 0 Å². The molecule has 0 aliphatic heterocycles. The molecule has 0 amide bonds. The SMILES string of the molecule is CCCNC(CCCc1ccccc1)c1cc(C)ccn1. The van der Waals surface area contributed by atoms with E-state index in [0.717, 1.165) is 25.8 Å². The first-order valence-corrected chi connectivity index (χ1v) is 7.99. The second kappa shape index (κ2) is 8.58. The van der Waals surface area contributed by atoms with E-state index < -0.39 is 0 Å². The number of aryl methyl sites for hydroxylation is 2. The molecule has 0 saturated carbocycles. The van der Waals surface area contributed by atoms with Crippen molar-refractivity contribution in [3.05, 3.63) is 65.5 Å². The third-order valence-corrected chi connectivity index (χ3v) is 3.74. The fourth-order valence-corrected chi connectivity index (χ4v) is 2.58. The zero-order valence-corrected chi connectivity index (χ0v) is 13.2. The molecule has 0 radical (unpaired) electrons. The molecule has 112 valence electrons. The highest BCUT2D eigenvalue weighted by molar-refractivity contribution is 5.18. The lowest BCUT2D eigenvalue weighted by molar-refractivity contribution is 0.474. The molecule has 21 heavy (non-hydrogen) atoms. The van der Waals surface area contributed by atoms with Crippen molar-refractivity contribution in [2.45, 2.75) is 45.6 Å². The lowest BCUT2D eigenvalue weighted by atomic mass is 10.0. The summed E-state index contributed by atoms with van der Waals surface area (Å²) in [5.74, 6) is 0. The Bertz CT molecular complexity index is 522. The number of hydrogen-bond acceptors (Lipinski definition) is 2. The molecule has 1 heterocycles. The molecule has 0 aliphatic carbocycles. The minimum absolute atomic E-state index is 0.369. The van der Waals surface area contributed by atoms with Gasteiger partial charge in [-0.2, -0.15) is 0 Å². The Hall–Kier alpha value is -1.67. The first-order chi connectivity index (χ1) is 10.3. The Balaban J connectivity index is 1.93. The van der Waals surface area contributed by atoms with Crippen LogP contribution < -0.4 is 5.32 Å². The Morgan fingerprint density at radius 1 is 1.14 bits per heavy atom. The van der Waals surface area contributed by atoms with E-state index in [9.17, 15) is 0 Å². The van der Waals surface area contributed by atoms with Gasteiger partial charge in [-0.3, -0.25) is 4.98 Å². The predicted octanol–water partition coefficient (Wildman–Crippen LogP) is 4.45. The van der Waals surface area contributed by atoms with Crippen LogP contribution in [0.2, 0.25) is 0 Å². The standard InChI is InChI=1S/C19H26N2/c1-3-13-20-18(19-15-16(2)12-14-21-19)11-7-10-17-8-5-4-6-9-17/h4-6,8-9,12,14-15,18,20H,3,7,10-11,13H2,1-2H3. The van der Waals surface area contributed by atoms with Crippen molar-refractivity contribution in [3.63, 3.8) is 0 Å². The Labute approximate surface area is 128 Å². The van der Waals surface area contributed by atoms with Crippen molar-refractivity contribution in [2.75, 3.05) is 6.54 Å². The quantitative estimate of drug-likeness (QED) is 0.773. The largest absolute Gasteiger partial charge is 0.309 e. The van der Waals surface area contributed by atoms with E-state index in [0.29, 0.717) is 6.04 Å².